The van der Waals surface area contributed by atoms with Gasteiger partial charge in [-0.3, -0.25) is 9.59 Å². The Morgan fingerprint density at radius 1 is 1.07 bits per heavy atom. The van der Waals surface area contributed by atoms with Gasteiger partial charge >= 0.3 is 0 Å². The van der Waals surface area contributed by atoms with E-state index in [-0.39, 0.29) is 17.7 Å². The zero-order valence-corrected chi connectivity index (χ0v) is 16.1. The number of benzene rings is 2. The molecule has 1 aliphatic rings. The van der Waals surface area contributed by atoms with E-state index in [0.29, 0.717) is 17.9 Å². The van der Waals surface area contributed by atoms with Crippen LogP contribution in [0.5, 0.6) is 5.75 Å². The second kappa shape index (κ2) is 8.25. The molecule has 0 radical (unpaired) electrons. The van der Waals surface area contributed by atoms with Crippen molar-refractivity contribution < 1.29 is 14.3 Å². The Morgan fingerprint density at radius 3 is 2.44 bits per heavy atom. The summed E-state index contributed by atoms with van der Waals surface area (Å²) in [5.41, 5.74) is 2.65. The summed E-state index contributed by atoms with van der Waals surface area (Å²) in [4.78, 5) is 27.7. The number of aryl methyl sites for hydroxylation is 1. The van der Waals surface area contributed by atoms with Crippen LogP contribution in [-0.4, -0.2) is 31.5 Å². The Balaban J connectivity index is 1.79. The fraction of sp³-hybridized carbons (Fsp3) is 0.364. The molecule has 1 atom stereocenters. The predicted molar refractivity (Wildman–Crippen MR) is 106 cm³/mol. The molecular weight excluding hydrogens is 340 g/mol. The Hall–Kier alpha value is -2.82. The fourth-order valence-electron chi connectivity index (χ4n) is 3.41. The third-order valence-electron chi connectivity index (χ3n) is 4.95. The second-order valence-electron chi connectivity index (χ2n) is 7.15. The SMILES string of the molecule is COc1ccc(C(=O)NC(C(=O)N2CCCc3ccccc32)C(C)C)cc1. The van der Waals surface area contributed by atoms with E-state index < -0.39 is 6.04 Å². The highest BCUT2D eigenvalue weighted by atomic mass is 16.5. The Labute approximate surface area is 160 Å². The van der Waals surface area contributed by atoms with Crippen LogP contribution in [0.25, 0.3) is 0 Å². The molecule has 0 aliphatic carbocycles. The first-order valence-electron chi connectivity index (χ1n) is 9.35. The van der Waals surface area contributed by atoms with Crippen molar-refractivity contribution in [3.8, 4) is 5.75 Å². The maximum absolute atomic E-state index is 13.3. The minimum atomic E-state index is -0.578. The molecular formula is C22H26N2O3. The summed E-state index contributed by atoms with van der Waals surface area (Å²) in [6.07, 6.45) is 1.91. The smallest absolute Gasteiger partial charge is 0.251 e. The van der Waals surface area contributed by atoms with E-state index in [9.17, 15) is 9.59 Å². The van der Waals surface area contributed by atoms with Crippen molar-refractivity contribution in [2.24, 2.45) is 5.92 Å². The van der Waals surface area contributed by atoms with Gasteiger partial charge in [0.15, 0.2) is 0 Å². The van der Waals surface area contributed by atoms with Crippen LogP contribution < -0.4 is 15.0 Å². The van der Waals surface area contributed by atoms with Gasteiger partial charge in [-0.25, -0.2) is 0 Å². The number of anilines is 1. The second-order valence-corrected chi connectivity index (χ2v) is 7.15. The molecule has 0 bridgehead atoms. The van der Waals surface area contributed by atoms with E-state index in [4.69, 9.17) is 4.74 Å². The van der Waals surface area contributed by atoms with Crippen LogP contribution in [-0.2, 0) is 11.2 Å². The van der Waals surface area contributed by atoms with Gasteiger partial charge in [-0.05, 0) is 54.7 Å². The molecule has 1 aliphatic heterocycles. The number of carbonyl (C=O) groups excluding carboxylic acids is 2. The molecule has 0 spiro atoms. The van der Waals surface area contributed by atoms with Crippen molar-refractivity contribution in [3.05, 3.63) is 59.7 Å². The highest BCUT2D eigenvalue weighted by molar-refractivity contribution is 6.03. The molecule has 27 heavy (non-hydrogen) atoms. The van der Waals surface area contributed by atoms with Gasteiger partial charge in [0.1, 0.15) is 11.8 Å². The molecule has 0 fully saturated rings. The molecule has 5 nitrogen and oxygen atoms in total. The van der Waals surface area contributed by atoms with E-state index in [2.05, 4.69) is 11.4 Å². The lowest BCUT2D eigenvalue weighted by atomic mass is 9.97. The molecule has 5 heteroatoms. The van der Waals surface area contributed by atoms with Crippen molar-refractivity contribution in [2.75, 3.05) is 18.6 Å². The van der Waals surface area contributed by atoms with Crippen LogP contribution in [0, 0.1) is 5.92 Å². The molecule has 0 saturated carbocycles. The lowest BCUT2D eigenvalue weighted by molar-refractivity contribution is -0.121. The Bertz CT molecular complexity index is 815. The first-order valence-corrected chi connectivity index (χ1v) is 9.35. The Morgan fingerprint density at radius 2 is 1.78 bits per heavy atom. The third kappa shape index (κ3) is 4.13. The summed E-state index contributed by atoms with van der Waals surface area (Å²) in [6, 6.07) is 14.3. The maximum atomic E-state index is 13.3. The van der Waals surface area contributed by atoms with E-state index in [0.717, 1.165) is 18.5 Å². The largest absolute Gasteiger partial charge is 0.497 e. The number of nitrogens with one attached hydrogen (secondary N) is 1. The van der Waals surface area contributed by atoms with Gasteiger partial charge in [0.05, 0.1) is 7.11 Å². The van der Waals surface area contributed by atoms with E-state index >= 15 is 0 Å². The van der Waals surface area contributed by atoms with Gasteiger partial charge in [-0.1, -0.05) is 32.0 Å². The summed E-state index contributed by atoms with van der Waals surface area (Å²) < 4.78 is 5.13. The number of hydrogen-bond donors (Lipinski definition) is 1. The summed E-state index contributed by atoms with van der Waals surface area (Å²) in [7, 11) is 1.58. The average Bonchev–Trinajstić information content (AvgIpc) is 2.70. The maximum Gasteiger partial charge on any atom is 0.251 e. The fourth-order valence-corrected chi connectivity index (χ4v) is 3.41. The number of hydrogen-bond acceptors (Lipinski definition) is 3. The van der Waals surface area contributed by atoms with Crippen molar-refractivity contribution in [1.29, 1.82) is 0 Å². The molecule has 1 heterocycles. The first-order chi connectivity index (χ1) is 13.0. The molecule has 1 unspecified atom stereocenters. The van der Waals surface area contributed by atoms with Gasteiger partial charge in [0, 0.05) is 17.8 Å². The number of methoxy groups -OCH3 is 1. The van der Waals surface area contributed by atoms with Crippen LogP contribution in [0.15, 0.2) is 48.5 Å². The molecule has 0 saturated heterocycles. The minimum Gasteiger partial charge on any atom is -0.497 e. The summed E-state index contributed by atoms with van der Waals surface area (Å²) >= 11 is 0. The molecule has 2 aromatic carbocycles. The van der Waals surface area contributed by atoms with E-state index in [1.54, 1.807) is 31.4 Å². The summed E-state index contributed by atoms with van der Waals surface area (Å²) in [5, 5.41) is 2.93. The van der Waals surface area contributed by atoms with Gasteiger partial charge in [0.25, 0.3) is 5.91 Å². The summed E-state index contributed by atoms with van der Waals surface area (Å²) in [5.74, 6) is 0.357. The van der Waals surface area contributed by atoms with Crippen LogP contribution >= 0.6 is 0 Å². The molecule has 0 aromatic heterocycles. The number of rotatable bonds is 5. The predicted octanol–water partition coefficient (Wildman–Crippen LogP) is 3.43. The number of ether oxygens (including phenoxy) is 1. The van der Waals surface area contributed by atoms with Crippen LogP contribution in [0.4, 0.5) is 5.69 Å². The molecule has 2 aromatic rings. The van der Waals surface area contributed by atoms with E-state index in [1.165, 1.54) is 5.56 Å². The molecule has 142 valence electrons. The van der Waals surface area contributed by atoms with Crippen LogP contribution in [0.3, 0.4) is 0 Å². The number of para-hydroxylation sites is 1. The zero-order valence-electron chi connectivity index (χ0n) is 16.1. The lowest BCUT2D eigenvalue weighted by Crippen LogP contribution is -2.52. The zero-order chi connectivity index (χ0) is 19.4. The van der Waals surface area contributed by atoms with Crippen molar-refractivity contribution in [2.45, 2.75) is 32.7 Å². The van der Waals surface area contributed by atoms with Crippen molar-refractivity contribution in [1.82, 2.24) is 5.32 Å². The molecule has 2 amide bonds. The van der Waals surface area contributed by atoms with Gasteiger partial charge < -0.3 is 15.0 Å². The normalized spacial score (nSPS) is 14.4. The van der Waals surface area contributed by atoms with Gasteiger partial charge in [-0.15, -0.1) is 0 Å². The molecule has 1 N–H and O–H groups in total. The number of nitrogens with zero attached hydrogens (tertiary/aromatic N) is 1. The highest BCUT2D eigenvalue weighted by Crippen LogP contribution is 2.28. The number of amides is 2. The van der Waals surface area contributed by atoms with Crippen molar-refractivity contribution >= 4 is 17.5 Å². The summed E-state index contributed by atoms with van der Waals surface area (Å²) in [6.45, 7) is 4.58. The number of fused-ring (bicyclic) bond motifs is 1. The topological polar surface area (TPSA) is 58.6 Å². The monoisotopic (exact) mass is 366 g/mol. The average molecular weight is 366 g/mol. The highest BCUT2D eigenvalue weighted by Gasteiger charge is 2.31. The quantitative estimate of drug-likeness (QED) is 0.882. The van der Waals surface area contributed by atoms with Crippen LogP contribution in [0.1, 0.15) is 36.2 Å². The standard InChI is InChI=1S/C22H26N2O3/c1-15(2)20(23-21(25)17-10-12-18(27-3)13-11-17)22(26)24-14-6-8-16-7-4-5-9-19(16)24/h4-5,7,9-13,15,20H,6,8,14H2,1-3H3,(H,23,25). The first kappa shape index (κ1) is 19.0. The van der Waals surface area contributed by atoms with Gasteiger partial charge in [-0.2, -0.15) is 0 Å². The lowest BCUT2D eigenvalue weighted by Gasteiger charge is -2.34. The third-order valence-corrected chi connectivity index (χ3v) is 4.95. The van der Waals surface area contributed by atoms with Crippen LogP contribution in [0.2, 0.25) is 0 Å². The number of carbonyl (C=O) groups is 2. The van der Waals surface area contributed by atoms with Gasteiger partial charge in [0.2, 0.25) is 5.91 Å². The molecule has 3 rings (SSSR count). The van der Waals surface area contributed by atoms with E-state index in [1.807, 2.05) is 36.9 Å². The Kier molecular flexibility index (Phi) is 5.79. The minimum absolute atomic E-state index is 0.0196. The van der Waals surface area contributed by atoms with Crippen molar-refractivity contribution in [3.63, 3.8) is 0 Å².